The Morgan fingerprint density at radius 1 is 1.21 bits per heavy atom. The number of nitrogens with zero attached hydrogens (tertiary/aromatic N) is 1. The second-order valence-electron chi connectivity index (χ2n) is 10.2. The number of thioether (sulfide) groups is 1. The molecule has 5 rings (SSSR count). The highest BCUT2D eigenvalue weighted by molar-refractivity contribution is 7.98. The highest BCUT2D eigenvalue weighted by Gasteiger charge is 2.37. The number of ether oxygens (including phenoxy) is 1. The highest BCUT2D eigenvalue weighted by Crippen LogP contribution is 2.42. The molecule has 0 radical (unpaired) electrons. The van der Waals surface area contributed by atoms with Crippen molar-refractivity contribution in [3.8, 4) is 0 Å². The molecule has 2 heterocycles. The van der Waals surface area contributed by atoms with E-state index >= 15 is 0 Å². The van der Waals surface area contributed by atoms with Crippen molar-refractivity contribution < 1.29 is 9.53 Å². The zero-order valence-electron chi connectivity index (χ0n) is 23.3. The third kappa shape index (κ3) is 7.19. The number of allylic oxidation sites excluding steroid dienone is 2. The Labute approximate surface area is 232 Å². The lowest BCUT2D eigenvalue weighted by atomic mass is 10.0. The molecule has 2 unspecified atom stereocenters. The summed E-state index contributed by atoms with van der Waals surface area (Å²) in [5.41, 5.74) is 10.1. The first-order valence-electron chi connectivity index (χ1n) is 14.2. The molecule has 1 aromatic carbocycles. The number of nitrogens with two attached hydrogens (primary N) is 1. The molecular formula is C31H44N4O2S. The molecule has 206 valence electrons. The van der Waals surface area contributed by atoms with Gasteiger partial charge in [0.25, 0.3) is 5.91 Å². The van der Waals surface area contributed by atoms with Crippen LogP contribution in [0.25, 0.3) is 0 Å². The molecule has 1 saturated heterocycles. The van der Waals surface area contributed by atoms with E-state index in [4.69, 9.17) is 10.5 Å². The van der Waals surface area contributed by atoms with Crippen LogP contribution in [-0.2, 0) is 16.1 Å². The van der Waals surface area contributed by atoms with Crippen LogP contribution >= 0.6 is 11.8 Å². The SMILES string of the molecule is CC.CSc1ccc(CNC(=O)C(=C/N)/C=C2/OCCCN(C3=CC(C4CC4)NC(C4CC4)=C3)C2C)cc1. The Kier molecular flexibility index (Phi) is 9.89. The second-order valence-corrected chi connectivity index (χ2v) is 11.1. The van der Waals surface area contributed by atoms with Gasteiger partial charge in [-0.05, 0) is 93.0 Å². The zero-order chi connectivity index (χ0) is 27.1. The molecule has 7 heteroatoms. The number of rotatable bonds is 8. The Bertz CT molecular complexity index is 1080. The number of hydrogen-bond acceptors (Lipinski definition) is 6. The van der Waals surface area contributed by atoms with Crippen LogP contribution in [-0.4, -0.2) is 42.3 Å². The minimum Gasteiger partial charge on any atom is -0.496 e. The standard InChI is InChI=1S/C29H38N4O2S.C2H6/c1-19-28(14-23(17-30)29(34)31-18-20-4-10-25(36-2)11-5-20)35-13-3-12-33(19)24-15-26(21-6-7-21)32-27(16-24)22-8-9-22;1-2/h4-5,10-11,14-17,19,21-22,26,32H,3,6-9,12-13,18,30H2,1-2H3,(H,31,34);1-2H3/b23-17+,28-14+;. The van der Waals surface area contributed by atoms with E-state index in [1.54, 1.807) is 11.8 Å². The number of dihydropyridines is 1. The highest BCUT2D eigenvalue weighted by atomic mass is 32.2. The first-order chi connectivity index (χ1) is 18.6. The van der Waals surface area contributed by atoms with Crippen LogP contribution in [0.4, 0.5) is 0 Å². The van der Waals surface area contributed by atoms with Crippen LogP contribution in [0.2, 0.25) is 0 Å². The van der Waals surface area contributed by atoms with Crippen molar-refractivity contribution in [2.75, 3.05) is 19.4 Å². The largest absolute Gasteiger partial charge is 0.496 e. The van der Waals surface area contributed by atoms with Crippen molar-refractivity contribution in [3.63, 3.8) is 0 Å². The van der Waals surface area contributed by atoms with Gasteiger partial charge in [0, 0.05) is 41.6 Å². The summed E-state index contributed by atoms with van der Waals surface area (Å²) >= 11 is 1.70. The molecule has 0 bridgehead atoms. The number of nitrogens with one attached hydrogen (secondary N) is 2. The van der Waals surface area contributed by atoms with Gasteiger partial charge < -0.3 is 26.0 Å². The monoisotopic (exact) mass is 536 g/mol. The van der Waals surface area contributed by atoms with Gasteiger partial charge in [-0.1, -0.05) is 26.0 Å². The molecule has 4 aliphatic rings. The van der Waals surface area contributed by atoms with E-state index < -0.39 is 0 Å². The minimum absolute atomic E-state index is 0.00949. The lowest BCUT2D eigenvalue weighted by Crippen LogP contribution is -2.39. The summed E-state index contributed by atoms with van der Waals surface area (Å²) in [7, 11) is 0. The molecular weight excluding hydrogens is 492 g/mol. The maximum absolute atomic E-state index is 13.0. The molecule has 0 spiro atoms. The van der Waals surface area contributed by atoms with E-state index in [1.165, 1.54) is 48.2 Å². The molecule has 1 aromatic rings. The summed E-state index contributed by atoms with van der Waals surface area (Å²) in [6, 6.07) is 8.65. The first-order valence-corrected chi connectivity index (χ1v) is 15.4. The number of carbonyl (C=O) groups is 1. The maximum Gasteiger partial charge on any atom is 0.253 e. The van der Waals surface area contributed by atoms with Gasteiger partial charge >= 0.3 is 0 Å². The third-order valence-corrected chi connectivity index (χ3v) is 8.25. The molecule has 2 saturated carbocycles. The van der Waals surface area contributed by atoms with Gasteiger partial charge in [0.1, 0.15) is 5.76 Å². The van der Waals surface area contributed by atoms with E-state index in [2.05, 4.69) is 53.0 Å². The summed E-state index contributed by atoms with van der Waals surface area (Å²) in [6.07, 6.45) is 16.1. The molecule has 2 aliphatic heterocycles. The van der Waals surface area contributed by atoms with Crippen LogP contribution in [0.5, 0.6) is 0 Å². The zero-order valence-corrected chi connectivity index (χ0v) is 24.2. The fourth-order valence-corrected chi connectivity index (χ4v) is 5.37. The number of benzene rings is 1. The summed E-state index contributed by atoms with van der Waals surface area (Å²) in [4.78, 5) is 16.6. The lowest BCUT2D eigenvalue weighted by molar-refractivity contribution is -0.117. The molecule has 1 amide bonds. The van der Waals surface area contributed by atoms with Crippen molar-refractivity contribution in [1.29, 1.82) is 0 Å². The molecule has 0 aromatic heterocycles. The van der Waals surface area contributed by atoms with Gasteiger partial charge in [-0.3, -0.25) is 4.79 Å². The van der Waals surface area contributed by atoms with Gasteiger partial charge in [-0.15, -0.1) is 11.8 Å². The van der Waals surface area contributed by atoms with Crippen LogP contribution in [0, 0.1) is 11.8 Å². The van der Waals surface area contributed by atoms with Gasteiger partial charge in [0.15, 0.2) is 0 Å². The molecule has 6 nitrogen and oxygen atoms in total. The van der Waals surface area contributed by atoms with E-state index in [-0.39, 0.29) is 11.9 Å². The fraction of sp³-hybridized carbons (Fsp3) is 0.516. The fourth-order valence-electron chi connectivity index (χ4n) is 4.96. The van der Waals surface area contributed by atoms with E-state index in [9.17, 15) is 4.79 Å². The van der Waals surface area contributed by atoms with Gasteiger partial charge in [0.2, 0.25) is 0 Å². The molecule has 3 fully saturated rings. The first kappa shape index (κ1) is 28.2. The average molecular weight is 537 g/mol. The van der Waals surface area contributed by atoms with Crippen molar-refractivity contribution in [2.24, 2.45) is 17.6 Å². The molecule has 4 N–H and O–H groups in total. The Hall–Kier alpha value is -2.80. The van der Waals surface area contributed by atoms with Crippen molar-refractivity contribution >= 4 is 17.7 Å². The van der Waals surface area contributed by atoms with Gasteiger partial charge in [-0.2, -0.15) is 0 Å². The Morgan fingerprint density at radius 2 is 1.95 bits per heavy atom. The van der Waals surface area contributed by atoms with E-state index in [0.29, 0.717) is 30.7 Å². The van der Waals surface area contributed by atoms with Crippen LogP contribution in [0.15, 0.2) is 76.3 Å². The van der Waals surface area contributed by atoms with Crippen molar-refractivity contribution in [1.82, 2.24) is 15.5 Å². The Morgan fingerprint density at radius 3 is 2.58 bits per heavy atom. The van der Waals surface area contributed by atoms with Crippen molar-refractivity contribution in [3.05, 3.63) is 77.0 Å². The topological polar surface area (TPSA) is 79.6 Å². The predicted octanol–water partition coefficient (Wildman–Crippen LogP) is 5.45. The smallest absolute Gasteiger partial charge is 0.253 e. The number of hydrogen-bond donors (Lipinski definition) is 3. The van der Waals surface area contributed by atoms with Gasteiger partial charge in [0.05, 0.1) is 18.2 Å². The molecule has 38 heavy (non-hydrogen) atoms. The summed E-state index contributed by atoms with van der Waals surface area (Å²) < 4.78 is 6.16. The van der Waals surface area contributed by atoms with Crippen LogP contribution in [0.3, 0.4) is 0 Å². The average Bonchev–Trinajstić information content (AvgIpc) is 3.86. The van der Waals surface area contributed by atoms with Crippen molar-refractivity contribution in [2.45, 2.75) is 76.4 Å². The lowest BCUT2D eigenvalue weighted by Gasteiger charge is -2.35. The minimum atomic E-state index is -0.198. The Balaban J connectivity index is 0.00000164. The van der Waals surface area contributed by atoms with E-state index in [0.717, 1.165) is 30.2 Å². The summed E-state index contributed by atoms with van der Waals surface area (Å²) in [5.74, 6) is 2.03. The molecule has 2 atom stereocenters. The second kappa shape index (κ2) is 13.3. The summed E-state index contributed by atoms with van der Waals surface area (Å²) in [6.45, 7) is 8.17. The van der Waals surface area contributed by atoms with Crippen LogP contribution < -0.4 is 16.4 Å². The van der Waals surface area contributed by atoms with Crippen LogP contribution in [0.1, 0.15) is 58.4 Å². The normalized spacial score (nSPS) is 24.7. The van der Waals surface area contributed by atoms with Gasteiger partial charge in [-0.25, -0.2) is 0 Å². The maximum atomic E-state index is 13.0. The number of carbonyl (C=O) groups excluding carboxylic acids is 1. The third-order valence-electron chi connectivity index (χ3n) is 7.51. The quantitative estimate of drug-likeness (QED) is 0.303. The number of amides is 1. The predicted molar refractivity (Wildman–Crippen MR) is 157 cm³/mol. The van der Waals surface area contributed by atoms with E-state index in [1.807, 2.05) is 32.1 Å². The summed E-state index contributed by atoms with van der Waals surface area (Å²) in [5, 5.41) is 6.81. The molecule has 2 aliphatic carbocycles.